The van der Waals surface area contributed by atoms with Gasteiger partial charge in [0.2, 0.25) is 0 Å². The fraction of sp³-hybridized carbons (Fsp3) is 0.625. The molecule has 0 aliphatic carbocycles. The van der Waals surface area contributed by atoms with Crippen LogP contribution in [0.5, 0.6) is 0 Å². The Labute approximate surface area is 81.0 Å². The fourth-order valence-corrected chi connectivity index (χ4v) is 2.20. The lowest BCUT2D eigenvalue weighted by Gasteiger charge is -2.12. The van der Waals surface area contributed by atoms with Gasteiger partial charge in [0.05, 0.1) is 17.3 Å². The molecule has 4 heteroatoms. The molecule has 1 rings (SSSR count). The molecule has 1 aromatic heterocycles. The summed E-state index contributed by atoms with van der Waals surface area (Å²) in [5.41, 5.74) is 2.95. The summed E-state index contributed by atoms with van der Waals surface area (Å²) in [6, 6.07) is 0. The Kier molecular flexibility index (Phi) is 4.05. The SMILES string of the molecule is CC(O)C(C)SCc1cscn1. The average molecular weight is 203 g/mol. The normalized spacial score (nSPS) is 15.9. The predicted octanol–water partition coefficient (Wildman–Crippen LogP) is 2.15. The van der Waals surface area contributed by atoms with E-state index in [1.54, 1.807) is 23.1 Å². The van der Waals surface area contributed by atoms with Crippen molar-refractivity contribution in [3.05, 3.63) is 16.6 Å². The Balaban J connectivity index is 2.27. The van der Waals surface area contributed by atoms with Crippen LogP contribution in [0.25, 0.3) is 0 Å². The van der Waals surface area contributed by atoms with Crippen LogP contribution in [0.2, 0.25) is 0 Å². The number of hydrogen-bond donors (Lipinski definition) is 1. The van der Waals surface area contributed by atoms with Crippen LogP contribution in [0, 0.1) is 0 Å². The van der Waals surface area contributed by atoms with Crippen LogP contribution in [-0.4, -0.2) is 21.4 Å². The topological polar surface area (TPSA) is 33.1 Å². The zero-order valence-corrected chi connectivity index (χ0v) is 8.86. The minimum Gasteiger partial charge on any atom is -0.392 e. The number of thioether (sulfide) groups is 1. The molecular formula is C8H13NOS2. The first-order valence-electron chi connectivity index (χ1n) is 3.87. The van der Waals surface area contributed by atoms with Gasteiger partial charge in [0.25, 0.3) is 0 Å². The van der Waals surface area contributed by atoms with E-state index in [9.17, 15) is 5.11 Å². The number of aliphatic hydroxyl groups is 1. The zero-order chi connectivity index (χ0) is 8.97. The highest BCUT2D eigenvalue weighted by atomic mass is 32.2. The molecule has 0 fully saturated rings. The van der Waals surface area contributed by atoms with Crippen LogP contribution in [0.3, 0.4) is 0 Å². The summed E-state index contributed by atoms with van der Waals surface area (Å²) in [5, 5.41) is 11.5. The maximum Gasteiger partial charge on any atom is 0.0795 e. The molecular weight excluding hydrogens is 190 g/mol. The minimum atomic E-state index is -0.242. The van der Waals surface area contributed by atoms with Crippen molar-refractivity contribution in [2.75, 3.05) is 0 Å². The summed E-state index contributed by atoms with van der Waals surface area (Å²) in [7, 11) is 0. The Morgan fingerprint density at radius 2 is 2.42 bits per heavy atom. The summed E-state index contributed by atoms with van der Waals surface area (Å²) in [5.74, 6) is 0.898. The van der Waals surface area contributed by atoms with Crippen LogP contribution in [-0.2, 0) is 5.75 Å². The number of thiazole rings is 1. The van der Waals surface area contributed by atoms with Gasteiger partial charge in [-0.2, -0.15) is 0 Å². The molecule has 0 aliphatic heterocycles. The van der Waals surface area contributed by atoms with Crippen molar-refractivity contribution in [2.45, 2.75) is 31.0 Å². The second-order valence-electron chi connectivity index (χ2n) is 2.74. The Bertz CT molecular complexity index is 211. The van der Waals surface area contributed by atoms with E-state index in [1.807, 2.05) is 24.7 Å². The summed E-state index contributed by atoms with van der Waals surface area (Å²) in [6.07, 6.45) is -0.242. The summed E-state index contributed by atoms with van der Waals surface area (Å²) >= 11 is 3.35. The van der Waals surface area contributed by atoms with E-state index >= 15 is 0 Å². The van der Waals surface area contributed by atoms with E-state index in [0.717, 1.165) is 11.4 Å². The van der Waals surface area contributed by atoms with Crippen LogP contribution < -0.4 is 0 Å². The monoisotopic (exact) mass is 203 g/mol. The second kappa shape index (κ2) is 4.84. The maximum atomic E-state index is 9.21. The van der Waals surface area contributed by atoms with Crippen molar-refractivity contribution in [3.8, 4) is 0 Å². The van der Waals surface area contributed by atoms with Gasteiger partial charge in [-0.15, -0.1) is 23.1 Å². The molecule has 1 N–H and O–H groups in total. The zero-order valence-electron chi connectivity index (χ0n) is 7.23. The molecule has 2 atom stereocenters. The molecule has 12 heavy (non-hydrogen) atoms. The standard InChI is InChI=1S/C8H13NOS2/c1-6(10)7(2)12-4-8-3-11-5-9-8/h3,5-7,10H,4H2,1-2H3. The lowest BCUT2D eigenvalue weighted by atomic mass is 10.3. The van der Waals surface area contributed by atoms with Crippen molar-refractivity contribution in [1.82, 2.24) is 4.98 Å². The first kappa shape index (κ1) is 10.0. The highest BCUT2D eigenvalue weighted by Crippen LogP contribution is 2.19. The predicted molar refractivity (Wildman–Crippen MR) is 54.6 cm³/mol. The van der Waals surface area contributed by atoms with Crippen LogP contribution in [0.15, 0.2) is 10.9 Å². The van der Waals surface area contributed by atoms with Crippen molar-refractivity contribution >= 4 is 23.1 Å². The average Bonchev–Trinajstić information content (AvgIpc) is 2.51. The van der Waals surface area contributed by atoms with Crippen LogP contribution in [0.1, 0.15) is 19.5 Å². The van der Waals surface area contributed by atoms with Crippen molar-refractivity contribution < 1.29 is 5.11 Å². The fourth-order valence-electron chi connectivity index (χ4n) is 0.665. The van der Waals surface area contributed by atoms with E-state index in [4.69, 9.17) is 0 Å². The third kappa shape index (κ3) is 3.13. The Hall–Kier alpha value is -0.0600. The van der Waals surface area contributed by atoms with Gasteiger partial charge < -0.3 is 5.11 Å². The largest absolute Gasteiger partial charge is 0.392 e. The third-order valence-corrected chi connectivity index (χ3v) is 3.67. The number of aliphatic hydroxyl groups excluding tert-OH is 1. The van der Waals surface area contributed by atoms with E-state index in [0.29, 0.717) is 0 Å². The first-order chi connectivity index (χ1) is 5.70. The maximum absolute atomic E-state index is 9.21. The van der Waals surface area contributed by atoms with Crippen molar-refractivity contribution in [1.29, 1.82) is 0 Å². The van der Waals surface area contributed by atoms with Gasteiger partial charge in [-0.1, -0.05) is 6.92 Å². The number of nitrogens with zero attached hydrogens (tertiary/aromatic N) is 1. The Morgan fingerprint density at radius 1 is 1.67 bits per heavy atom. The molecule has 0 bridgehead atoms. The molecule has 2 nitrogen and oxygen atoms in total. The quantitative estimate of drug-likeness (QED) is 0.814. The molecule has 0 spiro atoms. The summed E-state index contributed by atoms with van der Waals surface area (Å²) in [4.78, 5) is 4.16. The summed E-state index contributed by atoms with van der Waals surface area (Å²) < 4.78 is 0. The molecule has 1 heterocycles. The van der Waals surface area contributed by atoms with Gasteiger partial charge in [-0.05, 0) is 6.92 Å². The highest BCUT2D eigenvalue weighted by Gasteiger charge is 2.09. The van der Waals surface area contributed by atoms with E-state index in [2.05, 4.69) is 4.98 Å². The molecule has 0 aromatic carbocycles. The van der Waals surface area contributed by atoms with Crippen LogP contribution >= 0.6 is 23.1 Å². The van der Waals surface area contributed by atoms with Gasteiger partial charge in [0.15, 0.2) is 0 Å². The summed E-state index contributed by atoms with van der Waals surface area (Å²) in [6.45, 7) is 3.85. The molecule has 0 saturated carbocycles. The number of rotatable bonds is 4. The number of hydrogen-bond acceptors (Lipinski definition) is 4. The molecule has 0 amide bonds. The van der Waals surface area contributed by atoms with Gasteiger partial charge in [0, 0.05) is 16.4 Å². The molecule has 1 aromatic rings. The molecule has 0 aliphatic rings. The van der Waals surface area contributed by atoms with E-state index in [-0.39, 0.29) is 11.4 Å². The van der Waals surface area contributed by atoms with Crippen LogP contribution in [0.4, 0.5) is 0 Å². The first-order valence-corrected chi connectivity index (χ1v) is 5.86. The molecule has 68 valence electrons. The van der Waals surface area contributed by atoms with Crippen molar-refractivity contribution in [2.24, 2.45) is 0 Å². The molecule has 0 saturated heterocycles. The van der Waals surface area contributed by atoms with E-state index < -0.39 is 0 Å². The molecule has 0 radical (unpaired) electrons. The van der Waals surface area contributed by atoms with Gasteiger partial charge >= 0.3 is 0 Å². The number of aromatic nitrogens is 1. The third-order valence-electron chi connectivity index (χ3n) is 1.66. The lowest BCUT2D eigenvalue weighted by Crippen LogP contribution is -2.15. The van der Waals surface area contributed by atoms with Gasteiger partial charge in [-0.3, -0.25) is 0 Å². The lowest BCUT2D eigenvalue weighted by molar-refractivity contribution is 0.196. The van der Waals surface area contributed by atoms with Gasteiger partial charge in [-0.25, -0.2) is 4.98 Å². The minimum absolute atomic E-state index is 0.242. The Morgan fingerprint density at radius 3 is 2.92 bits per heavy atom. The van der Waals surface area contributed by atoms with E-state index in [1.165, 1.54) is 0 Å². The smallest absolute Gasteiger partial charge is 0.0795 e. The highest BCUT2D eigenvalue weighted by molar-refractivity contribution is 7.99. The van der Waals surface area contributed by atoms with Crippen molar-refractivity contribution in [3.63, 3.8) is 0 Å². The van der Waals surface area contributed by atoms with Gasteiger partial charge in [0.1, 0.15) is 0 Å². The second-order valence-corrected chi connectivity index (χ2v) is 4.82. The molecule has 2 unspecified atom stereocenters.